The van der Waals surface area contributed by atoms with Gasteiger partial charge in [0.15, 0.2) is 0 Å². The van der Waals surface area contributed by atoms with E-state index in [-0.39, 0.29) is 5.56 Å². The maximum Gasteiger partial charge on any atom is 0.266 e. The molecule has 1 aromatic heterocycles. The Labute approximate surface area is 174 Å². The van der Waals surface area contributed by atoms with Gasteiger partial charge in [-0.2, -0.15) is 0 Å². The van der Waals surface area contributed by atoms with Crippen molar-refractivity contribution in [2.24, 2.45) is 0 Å². The number of aryl methyl sites for hydroxylation is 1. The number of methoxy groups -OCH3 is 2. The highest BCUT2D eigenvalue weighted by atomic mass is 16.5. The van der Waals surface area contributed by atoms with Crippen LogP contribution in [-0.2, 0) is 0 Å². The van der Waals surface area contributed by atoms with Crippen LogP contribution in [-0.4, -0.2) is 23.8 Å². The summed E-state index contributed by atoms with van der Waals surface area (Å²) in [6.07, 6.45) is 3.70. The highest BCUT2D eigenvalue weighted by Gasteiger charge is 2.11. The SMILES string of the molecule is COc1ccc(OC)c(C=Cc2nc3ccccc3c(=O)n2-c2ccc(C)cc2)c1. The summed E-state index contributed by atoms with van der Waals surface area (Å²) >= 11 is 0. The van der Waals surface area contributed by atoms with Gasteiger partial charge in [0.25, 0.3) is 5.56 Å². The highest BCUT2D eigenvalue weighted by molar-refractivity contribution is 5.80. The van der Waals surface area contributed by atoms with E-state index in [9.17, 15) is 4.79 Å². The van der Waals surface area contributed by atoms with Gasteiger partial charge in [0.1, 0.15) is 17.3 Å². The van der Waals surface area contributed by atoms with E-state index in [1.54, 1.807) is 24.9 Å². The van der Waals surface area contributed by atoms with Crippen LogP contribution in [0.5, 0.6) is 11.5 Å². The molecule has 0 bridgehead atoms. The molecule has 0 unspecified atom stereocenters. The lowest BCUT2D eigenvalue weighted by atomic mass is 10.1. The Hall–Kier alpha value is -3.86. The normalized spacial score (nSPS) is 11.2. The van der Waals surface area contributed by atoms with Crippen LogP contribution in [0.2, 0.25) is 0 Å². The van der Waals surface area contributed by atoms with Gasteiger partial charge in [-0.25, -0.2) is 4.98 Å². The van der Waals surface area contributed by atoms with Crippen molar-refractivity contribution in [3.8, 4) is 17.2 Å². The number of para-hydroxylation sites is 1. The standard InChI is InChI=1S/C25H22N2O3/c1-17-8-11-19(12-9-17)27-24(26-22-7-5-4-6-21(22)25(27)28)15-10-18-16-20(29-2)13-14-23(18)30-3/h4-16H,1-3H3. The molecule has 0 saturated heterocycles. The fourth-order valence-electron chi connectivity index (χ4n) is 3.34. The smallest absolute Gasteiger partial charge is 0.266 e. The maximum absolute atomic E-state index is 13.3. The summed E-state index contributed by atoms with van der Waals surface area (Å²) in [5, 5.41) is 0.578. The molecule has 1 heterocycles. The van der Waals surface area contributed by atoms with Gasteiger partial charge in [0.2, 0.25) is 0 Å². The van der Waals surface area contributed by atoms with E-state index in [0.717, 1.165) is 22.6 Å². The van der Waals surface area contributed by atoms with E-state index in [1.165, 1.54) is 0 Å². The summed E-state index contributed by atoms with van der Waals surface area (Å²) in [6, 6.07) is 20.8. The van der Waals surface area contributed by atoms with Gasteiger partial charge in [-0.3, -0.25) is 9.36 Å². The predicted octanol–water partition coefficient (Wildman–Crippen LogP) is 4.88. The molecule has 30 heavy (non-hydrogen) atoms. The number of benzene rings is 3. The minimum Gasteiger partial charge on any atom is -0.497 e. The molecule has 0 fully saturated rings. The summed E-state index contributed by atoms with van der Waals surface area (Å²) in [4.78, 5) is 18.1. The highest BCUT2D eigenvalue weighted by Crippen LogP contribution is 2.26. The van der Waals surface area contributed by atoms with E-state index in [0.29, 0.717) is 22.5 Å². The molecule has 0 aliphatic carbocycles. The first kappa shape index (κ1) is 19.5. The van der Waals surface area contributed by atoms with Crippen molar-refractivity contribution < 1.29 is 9.47 Å². The van der Waals surface area contributed by atoms with Gasteiger partial charge in [-0.15, -0.1) is 0 Å². The molecule has 5 heteroatoms. The quantitative estimate of drug-likeness (QED) is 0.481. The number of aromatic nitrogens is 2. The van der Waals surface area contributed by atoms with Gasteiger partial charge in [0.05, 0.1) is 30.8 Å². The summed E-state index contributed by atoms with van der Waals surface area (Å²) in [5.41, 5.74) is 3.26. The largest absolute Gasteiger partial charge is 0.497 e. The molecule has 0 radical (unpaired) electrons. The molecule has 5 nitrogen and oxygen atoms in total. The second-order valence-electron chi connectivity index (χ2n) is 6.90. The lowest BCUT2D eigenvalue weighted by Crippen LogP contribution is -2.22. The topological polar surface area (TPSA) is 53.4 Å². The molecular formula is C25H22N2O3. The van der Waals surface area contributed by atoms with E-state index in [4.69, 9.17) is 14.5 Å². The summed E-state index contributed by atoms with van der Waals surface area (Å²) in [6.45, 7) is 2.01. The van der Waals surface area contributed by atoms with Crippen LogP contribution < -0.4 is 15.0 Å². The van der Waals surface area contributed by atoms with E-state index >= 15 is 0 Å². The predicted molar refractivity (Wildman–Crippen MR) is 121 cm³/mol. The van der Waals surface area contributed by atoms with Crippen LogP contribution in [0.3, 0.4) is 0 Å². The number of fused-ring (bicyclic) bond motifs is 1. The van der Waals surface area contributed by atoms with Crippen molar-refractivity contribution in [2.45, 2.75) is 6.92 Å². The first-order valence-corrected chi connectivity index (χ1v) is 9.59. The number of rotatable bonds is 5. The molecular weight excluding hydrogens is 376 g/mol. The van der Waals surface area contributed by atoms with Gasteiger partial charge in [-0.05, 0) is 61.5 Å². The lowest BCUT2D eigenvalue weighted by Gasteiger charge is -2.12. The first-order valence-electron chi connectivity index (χ1n) is 9.59. The Morgan fingerprint density at radius 3 is 2.40 bits per heavy atom. The number of hydrogen-bond acceptors (Lipinski definition) is 4. The van der Waals surface area contributed by atoms with E-state index < -0.39 is 0 Å². The second-order valence-corrected chi connectivity index (χ2v) is 6.90. The van der Waals surface area contributed by atoms with Gasteiger partial charge in [0, 0.05) is 5.56 Å². The third-order valence-electron chi connectivity index (χ3n) is 4.94. The number of ether oxygens (including phenoxy) is 2. The van der Waals surface area contributed by atoms with Crippen LogP contribution in [0.25, 0.3) is 28.7 Å². The third-order valence-corrected chi connectivity index (χ3v) is 4.94. The van der Waals surface area contributed by atoms with Crippen LogP contribution in [0, 0.1) is 6.92 Å². The molecule has 3 aromatic carbocycles. The monoisotopic (exact) mass is 398 g/mol. The molecule has 0 aliphatic heterocycles. The Bertz CT molecular complexity index is 1290. The van der Waals surface area contributed by atoms with Crippen LogP contribution in [0.15, 0.2) is 71.5 Å². The van der Waals surface area contributed by atoms with Crippen molar-refractivity contribution in [3.63, 3.8) is 0 Å². The van der Waals surface area contributed by atoms with Gasteiger partial charge >= 0.3 is 0 Å². The van der Waals surface area contributed by atoms with E-state index in [1.807, 2.05) is 79.7 Å². The molecule has 0 aliphatic rings. The second kappa shape index (κ2) is 8.25. The van der Waals surface area contributed by atoms with Crippen LogP contribution in [0.1, 0.15) is 17.0 Å². The molecule has 0 amide bonds. The zero-order valence-corrected chi connectivity index (χ0v) is 17.1. The van der Waals surface area contributed by atoms with Crippen LogP contribution in [0.4, 0.5) is 0 Å². The fourth-order valence-corrected chi connectivity index (χ4v) is 3.34. The van der Waals surface area contributed by atoms with Crippen molar-refractivity contribution in [1.82, 2.24) is 9.55 Å². The average molecular weight is 398 g/mol. The molecule has 0 spiro atoms. The van der Waals surface area contributed by atoms with Gasteiger partial charge in [-0.1, -0.05) is 29.8 Å². The third kappa shape index (κ3) is 3.70. The summed E-state index contributed by atoms with van der Waals surface area (Å²) in [7, 11) is 3.24. The fraction of sp³-hybridized carbons (Fsp3) is 0.120. The molecule has 4 aromatic rings. The Balaban J connectivity index is 1.92. The van der Waals surface area contributed by atoms with Crippen molar-refractivity contribution >= 4 is 23.1 Å². The zero-order chi connectivity index (χ0) is 21.1. The lowest BCUT2D eigenvalue weighted by molar-refractivity contribution is 0.402. The van der Waals surface area contributed by atoms with E-state index in [2.05, 4.69) is 0 Å². The molecule has 4 rings (SSSR count). The number of hydrogen-bond donors (Lipinski definition) is 0. The van der Waals surface area contributed by atoms with Gasteiger partial charge < -0.3 is 9.47 Å². The average Bonchev–Trinajstić information content (AvgIpc) is 2.78. The Morgan fingerprint density at radius 1 is 0.900 bits per heavy atom. The number of nitrogens with zero attached hydrogens (tertiary/aromatic N) is 2. The molecule has 0 N–H and O–H groups in total. The molecule has 150 valence electrons. The first-order chi connectivity index (χ1) is 14.6. The Kier molecular flexibility index (Phi) is 5.35. The van der Waals surface area contributed by atoms with Crippen molar-refractivity contribution in [2.75, 3.05) is 14.2 Å². The molecule has 0 atom stereocenters. The van der Waals surface area contributed by atoms with Crippen molar-refractivity contribution in [1.29, 1.82) is 0 Å². The molecule has 0 saturated carbocycles. The van der Waals surface area contributed by atoms with Crippen LogP contribution >= 0.6 is 0 Å². The van der Waals surface area contributed by atoms with Crippen molar-refractivity contribution in [3.05, 3.63) is 94.0 Å². The summed E-state index contributed by atoms with van der Waals surface area (Å²) < 4.78 is 12.4. The Morgan fingerprint density at radius 2 is 1.67 bits per heavy atom. The minimum atomic E-state index is -0.110. The zero-order valence-electron chi connectivity index (χ0n) is 17.1. The maximum atomic E-state index is 13.3. The summed E-state index contributed by atoms with van der Waals surface area (Å²) in [5.74, 6) is 1.96. The minimum absolute atomic E-state index is 0.110.